The van der Waals surface area contributed by atoms with Gasteiger partial charge in [0, 0.05) is 0 Å². The van der Waals surface area contributed by atoms with Crippen LogP contribution in [0.2, 0.25) is 0 Å². The molecule has 0 bridgehead atoms. The Morgan fingerprint density at radius 1 is 0.800 bits per heavy atom. The van der Waals surface area contributed by atoms with Gasteiger partial charge in [-0.25, -0.2) is 0 Å². The molecule has 1 saturated carbocycles. The van der Waals surface area contributed by atoms with Crippen LogP contribution in [0, 0.1) is 0 Å². The Kier molecular flexibility index (Phi) is 5.37. The Morgan fingerprint density at radius 2 is 1.47 bits per heavy atom. The summed E-state index contributed by atoms with van der Waals surface area (Å²) < 4.78 is 6.03. The van der Waals surface area contributed by atoms with Crippen LogP contribution in [-0.4, -0.2) is 12.0 Å². The Hall–Kier alpha value is -2.91. The summed E-state index contributed by atoms with van der Waals surface area (Å²) in [4.78, 5) is 13.0. The van der Waals surface area contributed by atoms with Crippen LogP contribution >= 0.6 is 0 Å². The quantitative estimate of drug-likeness (QED) is 0.578. The second kappa shape index (κ2) is 8.45. The van der Waals surface area contributed by atoms with Crippen LogP contribution in [0.1, 0.15) is 59.6 Å². The van der Waals surface area contributed by atoms with E-state index < -0.39 is 0 Å². The van der Waals surface area contributed by atoms with E-state index in [-0.39, 0.29) is 24.2 Å². The van der Waals surface area contributed by atoms with Gasteiger partial charge >= 0.3 is 5.97 Å². The molecule has 0 spiro atoms. The average molecular weight is 398 g/mol. The molecule has 3 atom stereocenters. The number of ether oxygens (including phenoxy) is 1. The van der Waals surface area contributed by atoms with Crippen LogP contribution in [0.3, 0.4) is 0 Å². The van der Waals surface area contributed by atoms with Crippen LogP contribution in [0.15, 0.2) is 84.9 Å². The number of nitrogens with one attached hydrogen (secondary N) is 1. The van der Waals surface area contributed by atoms with E-state index >= 15 is 0 Å². The molecule has 3 heteroatoms. The molecule has 3 nitrogen and oxygen atoms in total. The van der Waals surface area contributed by atoms with Crippen LogP contribution in [-0.2, 0) is 16.0 Å². The predicted octanol–water partition coefficient (Wildman–Crippen LogP) is 5.49. The Labute approximate surface area is 178 Å². The van der Waals surface area contributed by atoms with Crippen LogP contribution in [0.5, 0.6) is 0 Å². The highest BCUT2D eigenvalue weighted by molar-refractivity contribution is 5.77. The van der Waals surface area contributed by atoms with Crippen molar-refractivity contribution < 1.29 is 9.53 Å². The lowest BCUT2D eigenvalue weighted by Crippen LogP contribution is -2.49. The topological polar surface area (TPSA) is 38.3 Å². The molecule has 3 aromatic carbocycles. The summed E-state index contributed by atoms with van der Waals surface area (Å²) in [5, 5.41) is 3.62. The van der Waals surface area contributed by atoms with E-state index in [4.69, 9.17) is 4.74 Å². The fourth-order valence-electron chi connectivity index (χ4n) is 4.58. The van der Waals surface area contributed by atoms with Crippen molar-refractivity contribution in [2.75, 3.05) is 0 Å². The highest BCUT2D eigenvalue weighted by atomic mass is 16.5. The molecule has 2 fully saturated rings. The van der Waals surface area contributed by atoms with Crippen molar-refractivity contribution in [3.05, 3.63) is 107 Å². The van der Waals surface area contributed by atoms with Gasteiger partial charge in [-0.2, -0.15) is 0 Å². The van der Waals surface area contributed by atoms with E-state index in [1.54, 1.807) is 0 Å². The van der Waals surface area contributed by atoms with Crippen molar-refractivity contribution in [3.63, 3.8) is 0 Å². The zero-order valence-corrected chi connectivity index (χ0v) is 17.0. The summed E-state index contributed by atoms with van der Waals surface area (Å²) in [6.45, 7) is 0. The number of morpholine rings is 1. The molecule has 152 valence electrons. The molecule has 0 amide bonds. The highest BCUT2D eigenvalue weighted by Gasteiger charge is 2.38. The lowest BCUT2D eigenvalue weighted by molar-refractivity contribution is -0.160. The van der Waals surface area contributed by atoms with Gasteiger partial charge in [-0.05, 0) is 47.4 Å². The number of benzene rings is 3. The van der Waals surface area contributed by atoms with Gasteiger partial charge in [-0.1, -0.05) is 91.3 Å². The Balaban J connectivity index is 1.40. The first-order valence-corrected chi connectivity index (χ1v) is 10.9. The molecular formula is C27H27NO2. The zero-order chi connectivity index (χ0) is 20.3. The lowest BCUT2D eigenvalue weighted by Gasteiger charge is -2.37. The minimum absolute atomic E-state index is 0.0777. The van der Waals surface area contributed by atoms with Crippen LogP contribution in [0.25, 0.3) is 0 Å². The number of hydrogen-bond donors (Lipinski definition) is 1. The SMILES string of the molecule is O=C1O[C@H](c2ccccc2)[C@H](c2ccccc2)N[C@H]1Cc1cccc(C2CCC2)c1. The maximum absolute atomic E-state index is 13.0. The normalized spacial score (nSPS) is 24.1. The summed E-state index contributed by atoms with van der Waals surface area (Å²) in [7, 11) is 0. The van der Waals surface area contributed by atoms with Crippen molar-refractivity contribution in [3.8, 4) is 0 Å². The third-order valence-electron chi connectivity index (χ3n) is 6.47. The van der Waals surface area contributed by atoms with Gasteiger partial charge in [-0.15, -0.1) is 0 Å². The average Bonchev–Trinajstić information content (AvgIpc) is 2.75. The van der Waals surface area contributed by atoms with Gasteiger partial charge < -0.3 is 4.74 Å². The molecule has 1 aliphatic carbocycles. The molecule has 1 aliphatic heterocycles. The van der Waals surface area contributed by atoms with Crippen LogP contribution in [0.4, 0.5) is 0 Å². The van der Waals surface area contributed by atoms with Gasteiger partial charge in [0.25, 0.3) is 0 Å². The molecule has 0 aromatic heterocycles. The van der Waals surface area contributed by atoms with E-state index in [1.165, 1.54) is 30.4 Å². The Bertz CT molecular complexity index is 998. The largest absolute Gasteiger partial charge is 0.454 e. The number of hydrogen-bond acceptors (Lipinski definition) is 3. The minimum atomic E-state index is -0.355. The summed E-state index contributed by atoms with van der Waals surface area (Å²) >= 11 is 0. The summed E-state index contributed by atoms with van der Waals surface area (Å²) in [6, 6.07) is 28.6. The molecule has 1 heterocycles. The van der Waals surface area contributed by atoms with Gasteiger partial charge in [0.15, 0.2) is 0 Å². The summed E-state index contributed by atoms with van der Waals surface area (Å²) in [5.41, 5.74) is 4.74. The number of rotatable bonds is 5. The van der Waals surface area contributed by atoms with E-state index in [1.807, 2.05) is 48.5 Å². The summed E-state index contributed by atoms with van der Waals surface area (Å²) in [6.07, 6.45) is 4.19. The second-order valence-corrected chi connectivity index (χ2v) is 8.45. The third kappa shape index (κ3) is 3.90. The molecule has 2 aliphatic rings. The fraction of sp³-hybridized carbons (Fsp3) is 0.296. The van der Waals surface area contributed by atoms with Gasteiger partial charge in [0.05, 0.1) is 6.04 Å². The lowest BCUT2D eigenvalue weighted by atomic mass is 9.79. The number of esters is 1. The fourth-order valence-corrected chi connectivity index (χ4v) is 4.58. The molecule has 30 heavy (non-hydrogen) atoms. The van der Waals surface area contributed by atoms with E-state index in [0.29, 0.717) is 12.3 Å². The molecular weight excluding hydrogens is 370 g/mol. The molecule has 1 saturated heterocycles. The Morgan fingerprint density at radius 3 is 2.13 bits per heavy atom. The van der Waals surface area contributed by atoms with E-state index in [0.717, 1.165) is 11.1 Å². The van der Waals surface area contributed by atoms with Crippen molar-refractivity contribution in [2.24, 2.45) is 0 Å². The van der Waals surface area contributed by atoms with Crippen molar-refractivity contribution in [1.82, 2.24) is 5.32 Å². The highest BCUT2D eigenvalue weighted by Crippen LogP contribution is 2.38. The van der Waals surface area contributed by atoms with Gasteiger partial charge in [0.1, 0.15) is 12.1 Å². The van der Waals surface area contributed by atoms with Crippen LogP contribution < -0.4 is 5.32 Å². The number of cyclic esters (lactones) is 1. The molecule has 0 radical (unpaired) electrons. The minimum Gasteiger partial charge on any atom is -0.454 e. The van der Waals surface area contributed by atoms with Gasteiger partial charge in [0.2, 0.25) is 0 Å². The molecule has 1 N–H and O–H groups in total. The monoisotopic (exact) mass is 397 g/mol. The predicted molar refractivity (Wildman–Crippen MR) is 118 cm³/mol. The first-order valence-electron chi connectivity index (χ1n) is 10.9. The first-order chi connectivity index (χ1) is 14.8. The standard InChI is InChI=1S/C27H27NO2/c29-27-24(18-19-9-7-16-23(17-19)20-14-8-15-20)28-25(21-10-3-1-4-11-21)26(30-27)22-12-5-2-6-13-22/h1-7,9-13,16-17,20,24-26,28H,8,14-15,18H2/t24-,25-,26+/m0/s1. The van der Waals surface area contributed by atoms with E-state index in [2.05, 4.69) is 41.7 Å². The van der Waals surface area contributed by atoms with Crippen molar-refractivity contribution in [2.45, 2.75) is 49.8 Å². The number of carbonyl (C=O) groups excluding carboxylic acids is 1. The second-order valence-electron chi connectivity index (χ2n) is 8.45. The number of carbonyl (C=O) groups is 1. The smallest absolute Gasteiger partial charge is 0.324 e. The maximum Gasteiger partial charge on any atom is 0.324 e. The van der Waals surface area contributed by atoms with Gasteiger partial charge in [-0.3, -0.25) is 10.1 Å². The molecule has 5 rings (SSSR count). The third-order valence-corrected chi connectivity index (χ3v) is 6.47. The maximum atomic E-state index is 13.0. The van der Waals surface area contributed by atoms with Crippen molar-refractivity contribution >= 4 is 5.97 Å². The summed E-state index contributed by atoms with van der Waals surface area (Å²) in [5.74, 6) is 0.515. The van der Waals surface area contributed by atoms with Crippen molar-refractivity contribution in [1.29, 1.82) is 0 Å². The van der Waals surface area contributed by atoms with E-state index in [9.17, 15) is 4.79 Å². The zero-order valence-electron chi connectivity index (χ0n) is 17.0. The first kappa shape index (κ1) is 19.1. The molecule has 0 unspecified atom stereocenters. The molecule has 3 aromatic rings.